The Bertz CT molecular complexity index is 589. The molecule has 0 radical (unpaired) electrons. The van der Waals surface area contributed by atoms with E-state index in [2.05, 4.69) is 16.3 Å². The Morgan fingerprint density at radius 3 is 2.85 bits per heavy atom. The van der Waals surface area contributed by atoms with Crippen LogP contribution in [0.15, 0.2) is 30.6 Å². The lowest BCUT2D eigenvalue weighted by Gasteiger charge is -2.39. The van der Waals surface area contributed by atoms with E-state index in [1.807, 2.05) is 29.8 Å². The molecule has 5 nitrogen and oxygen atoms in total. The van der Waals surface area contributed by atoms with Crippen LogP contribution in [0, 0.1) is 11.8 Å². The predicted molar refractivity (Wildman–Crippen MR) is 77.0 cm³/mol. The maximum Gasteiger partial charge on any atom is 0.140 e. The molecule has 1 fully saturated rings. The average Bonchev–Trinajstić information content (AvgIpc) is 2.79. The fraction of sp³-hybridized carbons (Fsp3) is 0.467. The third-order valence-corrected chi connectivity index (χ3v) is 4.30. The van der Waals surface area contributed by atoms with E-state index in [1.54, 1.807) is 6.33 Å². The van der Waals surface area contributed by atoms with Crippen molar-refractivity contribution >= 4 is 5.69 Å². The number of aliphatic hydroxyl groups excluding tert-OH is 1. The quantitative estimate of drug-likeness (QED) is 0.828. The highest BCUT2D eigenvalue weighted by Crippen LogP contribution is 2.45. The van der Waals surface area contributed by atoms with E-state index in [1.165, 1.54) is 5.56 Å². The van der Waals surface area contributed by atoms with Gasteiger partial charge in [-0.1, -0.05) is 12.1 Å². The molecule has 0 saturated heterocycles. The van der Waals surface area contributed by atoms with E-state index in [-0.39, 0.29) is 12.5 Å². The Morgan fingerprint density at radius 1 is 1.45 bits per heavy atom. The average molecular weight is 272 g/mol. The number of rotatable bonds is 4. The molecule has 1 aliphatic rings. The van der Waals surface area contributed by atoms with Crippen molar-refractivity contribution in [1.82, 2.24) is 14.8 Å². The SMILES string of the molecule is Cn1cnnc1C(c1cccc(N)c1)C1CC(CO)C1. The third kappa shape index (κ3) is 2.29. The Morgan fingerprint density at radius 2 is 2.25 bits per heavy atom. The number of anilines is 1. The van der Waals surface area contributed by atoms with Crippen LogP contribution in [0.2, 0.25) is 0 Å². The number of aromatic nitrogens is 3. The first-order chi connectivity index (χ1) is 9.69. The summed E-state index contributed by atoms with van der Waals surface area (Å²) in [6.07, 6.45) is 3.79. The molecule has 1 aliphatic carbocycles. The maximum absolute atomic E-state index is 9.23. The van der Waals surface area contributed by atoms with Crippen LogP contribution in [0.4, 0.5) is 5.69 Å². The number of hydrogen-bond acceptors (Lipinski definition) is 4. The van der Waals surface area contributed by atoms with Crippen LogP contribution in [0.3, 0.4) is 0 Å². The second-order valence-electron chi connectivity index (χ2n) is 5.73. The van der Waals surface area contributed by atoms with Crippen molar-refractivity contribution in [3.63, 3.8) is 0 Å². The molecule has 0 amide bonds. The number of aryl methyl sites for hydroxylation is 1. The van der Waals surface area contributed by atoms with Crippen LogP contribution in [0.25, 0.3) is 0 Å². The van der Waals surface area contributed by atoms with Gasteiger partial charge in [0.15, 0.2) is 0 Å². The van der Waals surface area contributed by atoms with Gasteiger partial charge in [-0.05, 0) is 42.4 Å². The van der Waals surface area contributed by atoms with E-state index < -0.39 is 0 Å². The van der Waals surface area contributed by atoms with Crippen LogP contribution in [0.5, 0.6) is 0 Å². The van der Waals surface area contributed by atoms with E-state index in [0.29, 0.717) is 11.8 Å². The van der Waals surface area contributed by atoms with E-state index in [0.717, 1.165) is 24.4 Å². The van der Waals surface area contributed by atoms with Gasteiger partial charge in [-0.25, -0.2) is 0 Å². The first-order valence-electron chi connectivity index (χ1n) is 6.99. The van der Waals surface area contributed by atoms with Gasteiger partial charge in [0.05, 0.1) is 0 Å². The summed E-state index contributed by atoms with van der Waals surface area (Å²) < 4.78 is 1.97. The number of nitrogens with two attached hydrogens (primary N) is 1. The summed E-state index contributed by atoms with van der Waals surface area (Å²) in [4.78, 5) is 0. The van der Waals surface area contributed by atoms with Gasteiger partial charge in [0, 0.05) is 25.3 Å². The van der Waals surface area contributed by atoms with Crippen LogP contribution < -0.4 is 5.73 Å². The molecule has 0 aliphatic heterocycles. The van der Waals surface area contributed by atoms with Crippen molar-refractivity contribution in [3.05, 3.63) is 42.0 Å². The van der Waals surface area contributed by atoms with Crippen LogP contribution in [-0.4, -0.2) is 26.5 Å². The van der Waals surface area contributed by atoms with E-state index >= 15 is 0 Å². The molecular weight excluding hydrogens is 252 g/mol. The summed E-state index contributed by atoms with van der Waals surface area (Å²) in [6.45, 7) is 0.277. The fourth-order valence-corrected chi connectivity index (χ4v) is 3.17. The highest BCUT2D eigenvalue weighted by Gasteiger charge is 2.38. The topological polar surface area (TPSA) is 77.0 Å². The van der Waals surface area contributed by atoms with Gasteiger partial charge in [-0.15, -0.1) is 10.2 Å². The summed E-state index contributed by atoms with van der Waals surface area (Å²) in [5.74, 6) is 2.10. The molecule has 3 rings (SSSR count). The van der Waals surface area contributed by atoms with Crippen molar-refractivity contribution < 1.29 is 5.11 Å². The molecule has 1 aromatic heterocycles. The zero-order valence-electron chi connectivity index (χ0n) is 11.6. The second-order valence-corrected chi connectivity index (χ2v) is 5.73. The maximum atomic E-state index is 9.23. The lowest BCUT2D eigenvalue weighted by molar-refractivity contribution is 0.0956. The number of hydrogen-bond donors (Lipinski definition) is 2. The minimum atomic E-state index is 0.203. The molecule has 1 atom stereocenters. The smallest absolute Gasteiger partial charge is 0.140 e. The van der Waals surface area contributed by atoms with Crippen LogP contribution in [0.1, 0.15) is 30.1 Å². The fourth-order valence-electron chi connectivity index (χ4n) is 3.17. The largest absolute Gasteiger partial charge is 0.399 e. The molecule has 1 unspecified atom stereocenters. The van der Waals surface area contributed by atoms with Gasteiger partial charge < -0.3 is 15.4 Å². The number of nitrogen functional groups attached to an aromatic ring is 1. The highest BCUT2D eigenvalue weighted by molar-refractivity contribution is 5.43. The summed E-state index contributed by atoms with van der Waals surface area (Å²) in [5, 5.41) is 17.5. The van der Waals surface area contributed by atoms with Crippen molar-refractivity contribution in [3.8, 4) is 0 Å². The van der Waals surface area contributed by atoms with Gasteiger partial charge in [-0.3, -0.25) is 0 Å². The Hall–Kier alpha value is -1.88. The number of aliphatic hydroxyl groups is 1. The van der Waals surface area contributed by atoms with Gasteiger partial charge in [0.1, 0.15) is 12.2 Å². The van der Waals surface area contributed by atoms with Crippen molar-refractivity contribution in [2.24, 2.45) is 18.9 Å². The Kier molecular flexibility index (Phi) is 3.44. The van der Waals surface area contributed by atoms with Crippen molar-refractivity contribution in [2.75, 3.05) is 12.3 Å². The molecule has 0 bridgehead atoms. The molecule has 1 aromatic carbocycles. The molecular formula is C15H20N4O. The molecule has 3 N–H and O–H groups in total. The van der Waals surface area contributed by atoms with Gasteiger partial charge in [0.25, 0.3) is 0 Å². The predicted octanol–water partition coefficient (Wildman–Crippen LogP) is 1.55. The first-order valence-corrected chi connectivity index (χ1v) is 6.99. The Labute approximate surface area is 118 Å². The minimum Gasteiger partial charge on any atom is -0.399 e. The zero-order valence-corrected chi connectivity index (χ0v) is 11.6. The van der Waals surface area contributed by atoms with Gasteiger partial charge >= 0.3 is 0 Å². The summed E-state index contributed by atoms with van der Waals surface area (Å²) in [5.41, 5.74) is 7.87. The number of nitrogens with zero attached hydrogens (tertiary/aromatic N) is 3. The van der Waals surface area contributed by atoms with Gasteiger partial charge in [-0.2, -0.15) is 0 Å². The highest BCUT2D eigenvalue weighted by atomic mass is 16.3. The standard InChI is InChI=1S/C15H20N4O/c1-19-9-17-18-15(19)14(12-5-10(6-12)8-20)11-3-2-4-13(16)7-11/h2-4,7,9-10,12,14,20H,5-6,8,16H2,1H3. The summed E-state index contributed by atoms with van der Waals surface area (Å²) in [6, 6.07) is 8.00. The molecule has 1 heterocycles. The lowest BCUT2D eigenvalue weighted by Crippen LogP contribution is -2.32. The molecule has 1 saturated carbocycles. The zero-order chi connectivity index (χ0) is 14.1. The first kappa shape index (κ1) is 13.1. The molecule has 0 spiro atoms. The van der Waals surface area contributed by atoms with E-state index in [9.17, 15) is 5.11 Å². The van der Waals surface area contributed by atoms with Crippen LogP contribution in [-0.2, 0) is 7.05 Å². The number of benzene rings is 1. The van der Waals surface area contributed by atoms with Crippen molar-refractivity contribution in [1.29, 1.82) is 0 Å². The van der Waals surface area contributed by atoms with E-state index in [4.69, 9.17) is 5.73 Å². The monoisotopic (exact) mass is 272 g/mol. The molecule has 106 valence electrons. The summed E-state index contributed by atoms with van der Waals surface area (Å²) >= 11 is 0. The normalized spacial score (nSPS) is 23.3. The molecule has 20 heavy (non-hydrogen) atoms. The summed E-state index contributed by atoms with van der Waals surface area (Å²) in [7, 11) is 1.97. The molecule has 2 aromatic rings. The third-order valence-electron chi connectivity index (χ3n) is 4.30. The van der Waals surface area contributed by atoms with Gasteiger partial charge in [0.2, 0.25) is 0 Å². The lowest BCUT2D eigenvalue weighted by atomic mass is 9.66. The minimum absolute atomic E-state index is 0.203. The van der Waals surface area contributed by atoms with Crippen LogP contribution >= 0.6 is 0 Å². The Balaban J connectivity index is 1.94. The second kappa shape index (κ2) is 5.25. The van der Waals surface area contributed by atoms with Crippen molar-refractivity contribution in [2.45, 2.75) is 18.8 Å². The molecule has 5 heteroatoms.